The molecule has 0 bridgehead atoms. The first-order chi connectivity index (χ1) is 9.72. The van der Waals surface area contributed by atoms with Crippen molar-refractivity contribution in [1.82, 2.24) is 0 Å². The maximum atomic E-state index is 2.33. The van der Waals surface area contributed by atoms with Gasteiger partial charge in [-0.25, -0.2) is 0 Å². The highest BCUT2D eigenvalue weighted by Crippen LogP contribution is 2.31. The van der Waals surface area contributed by atoms with E-state index in [0.717, 1.165) is 0 Å². The van der Waals surface area contributed by atoms with Crippen LogP contribution in [0.15, 0.2) is 60.7 Å². The summed E-state index contributed by atoms with van der Waals surface area (Å²) in [5, 5.41) is 8.02. The Bertz CT molecular complexity index is 962. The van der Waals surface area contributed by atoms with Crippen LogP contribution < -0.4 is 0 Å². The van der Waals surface area contributed by atoms with Crippen LogP contribution in [0.3, 0.4) is 0 Å². The molecule has 0 aromatic heterocycles. The molecule has 0 nitrogen and oxygen atoms in total. The molecular formula is C20H16. The monoisotopic (exact) mass is 256 g/mol. The maximum Gasteiger partial charge on any atom is -0.00990 e. The molecule has 0 saturated heterocycles. The first-order valence-corrected chi connectivity index (χ1v) is 7.05. The van der Waals surface area contributed by atoms with Crippen molar-refractivity contribution in [1.29, 1.82) is 0 Å². The van der Waals surface area contributed by atoms with Crippen molar-refractivity contribution in [3.63, 3.8) is 0 Å². The highest BCUT2D eigenvalue weighted by Gasteiger charge is 2.04. The van der Waals surface area contributed by atoms with Gasteiger partial charge in [0.05, 0.1) is 0 Å². The van der Waals surface area contributed by atoms with Crippen LogP contribution in [-0.4, -0.2) is 0 Å². The Morgan fingerprint density at radius 3 is 2.10 bits per heavy atom. The molecule has 4 aromatic carbocycles. The van der Waals surface area contributed by atoms with Crippen LogP contribution in [0.25, 0.3) is 32.3 Å². The van der Waals surface area contributed by atoms with Crippen LogP contribution in [-0.2, 0) is 0 Å². The molecule has 0 unspecified atom stereocenters. The third-order valence-electron chi connectivity index (χ3n) is 4.21. The van der Waals surface area contributed by atoms with Crippen molar-refractivity contribution in [2.75, 3.05) is 0 Å². The van der Waals surface area contributed by atoms with Crippen LogP contribution in [0.5, 0.6) is 0 Å². The SMILES string of the molecule is Cc1ccc2c(ccc3cc4c(C)cccc4cc32)c1. The van der Waals surface area contributed by atoms with Crippen molar-refractivity contribution in [2.45, 2.75) is 13.8 Å². The van der Waals surface area contributed by atoms with Gasteiger partial charge in [-0.15, -0.1) is 0 Å². The highest BCUT2D eigenvalue weighted by molar-refractivity contribution is 6.12. The Morgan fingerprint density at radius 2 is 1.25 bits per heavy atom. The van der Waals surface area contributed by atoms with Crippen LogP contribution in [0.1, 0.15) is 11.1 Å². The molecule has 0 aliphatic rings. The first-order valence-electron chi connectivity index (χ1n) is 7.05. The summed E-state index contributed by atoms with van der Waals surface area (Å²) in [5.41, 5.74) is 2.65. The molecule has 20 heavy (non-hydrogen) atoms. The molecule has 0 atom stereocenters. The molecule has 0 amide bonds. The lowest BCUT2D eigenvalue weighted by Crippen LogP contribution is -1.83. The summed E-state index contributed by atoms with van der Waals surface area (Å²) in [6.45, 7) is 4.33. The minimum Gasteiger partial charge on any atom is -0.0614 e. The number of fused-ring (bicyclic) bond motifs is 4. The van der Waals surface area contributed by atoms with E-state index in [1.54, 1.807) is 0 Å². The van der Waals surface area contributed by atoms with Gasteiger partial charge < -0.3 is 0 Å². The van der Waals surface area contributed by atoms with E-state index >= 15 is 0 Å². The summed E-state index contributed by atoms with van der Waals surface area (Å²) in [4.78, 5) is 0. The Labute approximate surface area is 118 Å². The molecule has 4 aromatic rings. The molecule has 0 spiro atoms. The first kappa shape index (κ1) is 11.5. The molecule has 0 heterocycles. The number of rotatable bonds is 0. The maximum absolute atomic E-state index is 2.33. The summed E-state index contributed by atoms with van der Waals surface area (Å²) in [6.07, 6.45) is 0. The van der Waals surface area contributed by atoms with Gasteiger partial charge in [0.25, 0.3) is 0 Å². The standard InChI is InChI=1S/C20H16/c1-13-6-9-18-16(10-13)7-8-17-11-19-14(2)4-3-5-15(19)12-20(17)18/h3-12H,1-2H3. The molecule has 0 N–H and O–H groups in total. The lowest BCUT2D eigenvalue weighted by atomic mass is 9.96. The fourth-order valence-corrected chi connectivity index (χ4v) is 3.11. The molecule has 4 rings (SSSR count). The average molecular weight is 256 g/mol. The molecule has 96 valence electrons. The van der Waals surface area contributed by atoms with Crippen molar-refractivity contribution in [3.8, 4) is 0 Å². The normalized spacial score (nSPS) is 11.5. The van der Waals surface area contributed by atoms with Crippen molar-refractivity contribution >= 4 is 32.3 Å². The van der Waals surface area contributed by atoms with E-state index < -0.39 is 0 Å². The van der Waals surface area contributed by atoms with Crippen LogP contribution >= 0.6 is 0 Å². The zero-order valence-corrected chi connectivity index (χ0v) is 11.8. The predicted molar refractivity (Wildman–Crippen MR) is 88.4 cm³/mol. The van der Waals surface area contributed by atoms with Gasteiger partial charge in [0.2, 0.25) is 0 Å². The second-order valence-corrected chi connectivity index (χ2v) is 5.66. The van der Waals surface area contributed by atoms with E-state index in [0.29, 0.717) is 0 Å². The lowest BCUT2D eigenvalue weighted by molar-refractivity contribution is 1.51. The van der Waals surface area contributed by atoms with E-state index in [1.165, 1.54) is 43.4 Å². The topological polar surface area (TPSA) is 0 Å². The van der Waals surface area contributed by atoms with Gasteiger partial charge in [-0.05, 0) is 63.9 Å². The van der Waals surface area contributed by atoms with E-state index in [9.17, 15) is 0 Å². The van der Waals surface area contributed by atoms with Gasteiger partial charge in [-0.1, -0.05) is 54.1 Å². The van der Waals surface area contributed by atoms with E-state index in [2.05, 4.69) is 74.5 Å². The Balaban J connectivity index is 2.22. The van der Waals surface area contributed by atoms with Gasteiger partial charge in [-0.3, -0.25) is 0 Å². The molecular weight excluding hydrogens is 240 g/mol. The summed E-state index contributed by atoms with van der Waals surface area (Å²) >= 11 is 0. The van der Waals surface area contributed by atoms with Crippen molar-refractivity contribution < 1.29 is 0 Å². The minimum absolute atomic E-state index is 1.31. The third-order valence-corrected chi connectivity index (χ3v) is 4.21. The van der Waals surface area contributed by atoms with Crippen LogP contribution in [0.4, 0.5) is 0 Å². The number of hydrogen-bond donors (Lipinski definition) is 0. The molecule has 0 fully saturated rings. The zero-order chi connectivity index (χ0) is 13.7. The van der Waals surface area contributed by atoms with Crippen LogP contribution in [0.2, 0.25) is 0 Å². The smallest absolute Gasteiger partial charge is 0.00990 e. The largest absolute Gasteiger partial charge is 0.0614 e. The summed E-state index contributed by atoms with van der Waals surface area (Å²) < 4.78 is 0. The predicted octanol–water partition coefficient (Wildman–Crippen LogP) is 5.76. The van der Waals surface area contributed by atoms with Crippen molar-refractivity contribution in [2.24, 2.45) is 0 Å². The van der Waals surface area contributed by atoms with Gasteiger partial charge in [-0.2, -0.15) is 0 Å². The molecule has 0 saturated carbocycles. The molecule has 0 aliphatic heterocycles. The Hall–Kier alpha value is -2.34. The third kappa shape index (κ3) is 1.61. The van der Waals surface area contributed by atoms with Gasteiger partial charge in [0.15, 0.2) is 0 Å². The van der Waals surface area contributed by atoms with E-state index in [-0.39, 0.29) is 0 Å². The molecule has 0 heteroatoms. The van der Waals surface area contributed by atoms with Gasteiger partial charge in [0.1, 0.15) is 0 Å². The molecule has 0 radical (unpaired) electrons. The number of benzene rings is 4. The summed E-state index contributed by atoms with van der Waals surface area (Å²) in [6, 6.07) is 22.3. The average Bonchev–Trinajstić information content (AvgIpc) is 2.45. The Kier molecular flexibility index (Phi) is 2.34. The fraction of sp³-hybridized carbons (Fsp3) is 0.100. The summed E-state index contributed by atoms with van der Waals surface area (Å²) in [5.74, 6) is 0. The van der Waals surface area contributed by atoms with E-state index in [1.807, 2.05) is 0 Å². The van der Waals surface area contributed by atoms with Crippen LogP contribution in [0, 0.1) is 13.8 Å². The minimum atomic E-state index is 1.31. The van der Waals surface area contributed by atoms with Crippen molar-refractivity contribution in [3.05, 3.63) is 71.8 Å². The number of hydrogen-bond acceptors (Lipinski definition) is 0. The second kappa shape index (κ2) is 4.08. The number of aryl methyl sites for hydroxylation is 2. The highest BCUT2D eigenvalue weighted by atomic mass is 14.1. The van der Waals surface area contributed by atoms with Gasteiger partial charge in [0, 0.05) is 0 Å². The second-order valence-electron chi connectivity index (χ2n) is 5.66. The van der Waals surface area contributed by atoms with E-state index in [4.69, 9.17) is 0 Å². The summed E-state index contributed by atoms with van der Waals surface area (Å²) in [7, 11) is 0. The van der Waals surface area contributed by atoms with Gasteiger partial charge >= 0.3 is 0 Å². The Morgan fingerprint density at radius 1 is 0.550 bits per heavy atom. The molecule has 0 aliphatic carbocycles. The zero-order valence-electron chi connectivity index (χ0n) is 11.8. The lowest BCUT2D eigenvalue weighted by Gasteiger charge is -2.08. The fourth-order valence-electron chi connectivity index (χ4n) is 3.11. The quantitative estimate of drug-likeness (QED) is 0.277.